The van der Waals surface area contributed by atoms with Crippen molar-refractivity contribution in [3.8, 4) is 5.75 Å². The lowest BCUT2D eigenvalue weighted by atomic mass is 10.1. The number of fused-ring (bicyclic) bond motifs is 1. The quantitative estimate of drug-likeness (QED) is 0.756. The van der Waals surface area contributed by atoms with Gasteiger partial charge in [0, 0.05) is 0 Å². The highest BCUT2D eigenvalue weighted by Crippen LogP contribution is 2.39. The second-order valence-electron chi connectivity index (χ2n) is 7.41. The molecule has 2 heterocycles. The number of benzene rings is 1. The van der Waals surface area contributed by atoms with Crippen LogP contribution < -0.4 is 4.74 Å². The maximum absolute atomic E-state index is 10.0. The number of rotatable bonds is 7. The predicted molar refractivity (Wildman–Crippen MR) is 92.6 cm³/mol. The first-order valence-corrected chi connectivity index (χ1v) is 8.96. The van der Waals surface area contributed by atoms with Crippen molar-refractivity contribution >= 4 is 0 Å². The predicted octanol–water partition coefficient (Wildman–Crippen LogP) is 1.59. The first-order valence-electron chi connectivity index (χ1n) is 8.96. The summed E-state index contributed by atoms with van der Waals surface area (Å²) in [6, 6.07) is 7.65. The molecule has 2 aliphatic heterocycles. The van der Waals surface area contributed by atoms with Crippen LogP contribution in [0.1, 0.15) is 33.3 Å². The van der Waals surface area contributed by atoms with E-state index < -0.39 is 43.1 Å². The van der Waals surface area contributed by atoms with Crippen LogP contribution in [-0.2, 0) is 25.6 Å². The summed E-state index contributed by atoms with van der Waals surface area (Å²) in [5.74, 6) is 0.0259. The topological polar surface area (TPSA) is 86.6 Å². The first-order chi connectivity index (χ1) is 12.3. The lowest BCUT2D eigenvalue weighted by Gasteiger charge is -2.28. The van der Waals surface area contributed by atoms with Gasteiger partial charge in [-0.25, -0.2) is 0 Å². The van der Waals surface area contributed by atoms with Crippen LogP contribution in [0.3, 0.4) is 0 Å². The van der Waals surface area contributed by atoms with Crippen molar-refractivity contribution in [1.82, 2.24) is 0 Å². The second kappa shape index (κ2) is 7.80. The fourth-order valence-corrected chi connectivity index (χ4v) is 3.24. The molecular formula is C19H28O7. The number of hydrogen-bond donors (Lipinski definition) is 2. The number of aliphatic hydroxyl groups excluding tert-OH is 2. The van der Waals surface area contributed by atoms with Crippen LogP contribution in [-0.4, -0.2) is 59.4 Å². The summed E-state index contributed by atoms with van der Waals surface area (Å²) in [6.45, 7) is 7.45. The molecule has 7 nitrogen and oxygen atoms in total. The molecule has 1 aromatic rings. The summed E-state index contributed by atoms with van der Waals surface area (Å²) in [5, 5.41) is 19.3. The van der Waals surface area contributed by atoms with Gasteiger partial charge in [0.15, 0.2) is 12.1 Å². The van der Waals surface area contributed by atoms with E-state index in [-0.39, 0.29) is 6.10 Å². The Balaban J connectivity index is 1.65. The summed E-state index contributed by atoms with van der Waals surface area (Å²) >= 11 is 0. The molecule has 3 rings (SSSR count). The van der Waals surface area contributed by atoms with Crippen LogP contribution in [0.25, 0.3) is 0 Å². The molecule has 5 atom stereocenters. The molecule has 7 heteroatoms. The zero-order chi connectivity index (χ0) is 18.9. The Bertz CT molecular complexity index is 586. The Morgan fingerprint density at radius 3 is 2.46 bits per heavy atom. The average Bonchev–Trinajstić information content (AvgIpc) is 3.05. The SMILES string of the molecule is CC(C)Oc1ccc(COC2C(C(O)CO)OC3OC(C)(C)OC32)cc1. The summed E-state index contributed by atoms with van der Waals surface area (Å²) < 4.78 is 29.0. The molecule has 2 saturated heterocycles. The average molecular weight is 368 g/mol. The van der Waals surface area contributed by atoms with Gasteiger partial charge in [-0.05, 0) is 45.4 Å². The van der Waals surface area contributed by atoms with E-state index in [2.05, 4.69) is 0 Å². The van der Waals surface area contributed by atoms with E-state index in [9.17, 15) is 10.2 Å². The summed E-state index contributed by atoms with van der Waals surface area (Å²) in [6.07, 6.45) is -3.29. The minimum Gasteiger partial charge on any atom is -0.491 e. The Morgan fingerprint density at radius 1 is 1.15 bits per heavy atom. The largest absolute Gasteiger partial charge is 0.491 e. The third-order valence-corrected chi connectivity index (χ3v) is 4.33. The van der Waals surface area contributed by atoms with E-state index >= 15 is 0 Å². The molecule has 0 aromatic heterocycles. The molecule has 0 spiro atoms. The highest BCUT2D eigenvalue weighted by molar-refractivity contribution is 5.27. The van der Waals surface area contributed by atoms with Gasteiger partial charge >= 0.3 is 0 Å². The third kappa shape index (κ3) is 4.36. The van der Waals surface area contributed by atoms with Crippen molar-refractivity contribution in [2.75, 3.05) is 6.61 Å². The molecule has 1 aromatic carbocycles. The molecule has 26 heavy (non-hydrogen) atoms. The molecule has 2 aliphatic rings. The molecule has 0 bridgehead atoms. The van der Waals surface area contributed by atoms with Gasteiger partial charge in [0.05, 0.1) is 19.3 Å². The molecule has 2 fully saturated rings. The summed E-state index contributed by atoms with van der Waals surface area (Å²) in [4.78, 5) is 0. The zero-order valence-electron chi connectivity index (χ0n) is 15.6. The number of aliphatic hydroxyl groups is 2. The normalized spacial score (nSPS) is 31.2. The van der Waals surface area contributed by atoms with Crippen LogP contribution in [0.2, 0.25) is 0 Å². The third-order valence-electron chi connectivity index (χ3n) is 4.33. The molecule has 0 saturated carbocycles. The maximum Gasteiger partial charge on any atom is 0.190 e. The van der Waals surface area contributed by atoms with Gasteiger partial charge in [-0.15, -0.1) is 0 Å². The minimum absolute atomic E-state index is 0.119. The number of ether oxygens (including phenoxy) is 5. The van der Waals surface area contributed by atoms with Crippen molar-refractivity contribution in [1.29, 1.82) is 0 Å². The number of hydrogen-bond acceptors (Lipinski definition) is 7. The summed E-state index contributed by atoms with van der Waals surface area (Å²) in [5.41, 5.74) is 0.958. The highest BCUT2D eigenvalue weighted by atomic mass is 16.8. The Kier molecular flexibility index (Phi) is 5.86. The zero-order valence-corrected chi connectivity index (χ0v) is 15.6. The smallest absolute Gasteiger partial charge is 0.190 e. The summed E-state index contributed by atoms with van der Waals surface area (Å²) in [7, 11) is 0. The van der Waals surface area contributed by atoms with Gasteiger partial charge in [0.25, 0.3) is 0 Å². The van der Waals surface area contributed by atoms with Crippen LogP contribution in [0, 0.1) is 0 Å². The second-order valence-corrected chi connectivity index (χ2v) is 7.41. The van der Waals surface area contributed by atoms with Crippen molar-refractivity contribution in [3.63, 3.8) is 0 Å². The van der Waals surface area contributed by atoms with Gasteiger partial charge in [-0.2, -0.15) is 0 Å². The van der Waals surface area contributed by atoms with Crippen LogP contribution >= 0.6 is 0 Å². The van der Waals surface area contributed by atoms with Gasteiger partial charge in [0.1, 0.15) is 30.2 Å². The molecule has 0 radical (unpaired) electrons. The van der Waals surface area contributed by atoms with Gasteiger partial charge in [0.2, 0.25) is 0 Å². The van der Waals surface area contributed by atoms with Crippen LogP contribution in [0.4, 0.5) is 0 Å². The minimum atomic E-state index is -1.07. The highest BCUT2D eigenvalue weighted by Gasteiger charge is 2.56. The van der Waals surface area contributed by atoms with Gasteiger partial charge in [-0.3, -0.25) is 0 Å². The molecule has 2 N–H and O–H groups in total. The van der Waals surface area contributed by atoms with Gasteiger partial charge in [-0.1, -0.05) is 12.1 Å². The maximum atomic E-state index is 10.0. The Hall–Kier alpha value is -1.22. The van der Waals surface area contributed by atoms with Crippen LogP contribution in [0.15, 0.2) is 24.3 Å². The van der Waals surface area contributed by atoms with E-state index in [4.69, 9.17) is 23.7 Å². The van der Waals surface area contributed by atoms with Crippen molar-refractivity contribution in [3.05, 3.63) is 29.8 Å². The Morgan fingerprint density at radius 2 is 1.85 bits per heavy atom. The van der Waals surface area contributed by atoms with Crippen LogP contribution in [0.5, 0.6) is 5.75 Å². The monoisotopic (exact) mass is 368 g/mol. The first kappa shape index (κ1) is 19.5. The van der Waals surface area contributed by atoms with E-state index in [0.717, 1.165) is 11.3 Å². The van der Waals surface area contributed by atoms with Crippen molar-refractivity contribution < 1.29 is 33.9 Å². The van der Waals surface area contributed by atoms with E-state index in [1.807, 2.05) is 38.1 Å². The van der Waals surface area contributed by atoms with Crippen molar-refractivity contribution in [2.45, 2.75) is 76.9 Å². The Labute approximate surface area is 153 Å². The molecule has 0 amide bonds. The van der Waals surface area contributed by atoms with E-state index in [1.54, 1.807) is 13.8 Å². The standard InChI is InChI=1S/C19H28O7/c1-11(2)23-13-7-5-12(6-8-13)10-22-16-15(14(21)9-20)24-18-17(16)25-19(3,4)26-18/h5-8,11,14-18,20-21H,9-10H2,1-4H3. The van der Waals surface area contributed by atoms with E-state index in [0.29, 0.717) is 6.61 Å². The fourth-order valence-electron chi connectivity index (χ4n) is 3.24. The lowest BCUT2D eigenvalue weighted by Crippen LogP contribution is -2.44. The van der Waals surface area contributed by atoms with Gasteiger partial charge < -0.3 is 33.9 Å². The molecule has 146 valence electrons. The fraction of sp³-hybridized carbons (Fsp3) is 0.684. The molecular weight excluding hydrogens is 340 g/mol. The molecule has 0 aliphatic carbocycles. The lowest BCUT2D eigenvalue weighted by molar-refractivity contribution is -0.232. The van der Waals surface area contributed by atoms with E-state index in [1.165, 1.54) is 0 Å². The molecule has 5 unspecified atom stereocenters. The van der Waals surface area contributed by atoms with Crippen molar-refractivity contribution in [2.24, 2.45) is 0 Å².